The molecule has 2 rings (SSSR count). The molecule has 1 aliphatic carbocycles. The largest absolute Gasteiger partial charge is 0.316 e. The zero-order chi connectivity index (χ0) is 13.0. The second-order valence-electron chi connectivity index (χ2n) is 6.04. The van der Waals surface area contributed by atoms with Gasteiger partial charge in [0.1, 0.15) is 0 Å². The Balaban J connectivity index is 2.02. The summed E-state index contributed by atoms with van der Waals surface area (Å²) in [4.78, 5) is 0. The maximum absolute atomic E-state index is 3.57. The minimum atomic E-state index is 0.477. The smallest absolute Gasteiger partial charge is 0.000792 e. The van der Waals surface area contributed by atoms with E-state index in [4.69, 9.17) is 0 Å². The Kier molecular flexibility index (Phi) is 4.45. The summed E-state index contributed by atoms with van der Waals surface area (Å²) in [7, 11) is 0. The summed E-state index contributed by atoms with van der Waals surface area (Å²) < 4.78 is 0. The molecule has 1 N–H and O–H groups in total. The van der Waals surface area contributed by atoms with Gasteiger partial charge in [-0.1, -0.05) is 57.5 Å². The van der Waals surface area contributed by atoms with Gasteiger partial charge in [0.25, 0.3) is 0 Å². The number of hydrogen-bond donors (Lipinski definition) is 1. The fourth-order valence-corrected chi connectivity index (χ4v) is 3.42. The Hall–Kier alpha value is -0.820. The molecule has 1 aliphatic rings. The summed E-state index contributed by atoms with van der Waals surface area (Å²) in [6.07, 6.45) is 4.01. The van der Waals surface area contributed by atoms with Crippen LogP contribution in [0.3, 0.4) is 0 Å². The summed E-state index contributed by atoms with van der Waals surface area (Å²) in [6.45, 7) is 9.25. The first kappa shape index (κ1) is 13.6. The van der Waals surface area contributed by atoms with Gasteiger partial charge in [0.2, 0.25) is 0 Å². The van der Waals surface area contributed by atoms with Crippen LogP contribution in [-0.2, 0) is 0 Å². The van der Waals surface area contributed by atoms with E-state index in [0.717, 1.165) is 18.4 Å². The second kappa shape index (κ2) is 5.88. The molecule has 1 heteroatoms. The lowest BCUT2D eigenvalue weighted by atomic mass is 9.79. The number of hydrogen-bond acceptors (Lipinski definition) is 1. The minimum absolute atomic E-state index is 0.477. The van der Waals surface area contributed by atoms with Crippen molar-refractivity contribution in [3.63, 3.8) is 0 Å². The number of nitrogens with one attached hydrogen (secondary N) is 1. The molecule has 100 valence electrons. The van der Waals surface area contributed by atoms with Crippen LogP contribution in [-0.4, -0.2) is 13.1 Å². The van der Waals surface area contributed by atoms with E-state index in [-0.39, 0.29) is 0 Å². The first-order chi connectivity index (χ1) is 8.71. The molecule has 18 heavy (non-hydrogen) atoms. The van der Waals surface area contributed by atoms with Crippen molar-refractivity contribution in [3.05, 3.63) is 35.9 Å². The summed E-state index contributed by atoms with van der Waals surface area (Å²) in [5, 5.41) is 3.57. The van der Waals surface area contributed by atoms with E-state index < -0.39 is 0 Å². The van der Waals surface area contributed by atoms with Gasteiger partial charge in [-0.3, -0.25) is 0 Å². The highest BCUT2D eigenvalue weighted by atomic mass is 14.9. The standard InChI is InChI=1S/C17H27N/c1-4-11-17(3,13-18-5-2)16-12-15(16)14-9-7-6-8-10-14/h6-10,15-16,18H,4-5,11-13H2,1-3H3. The number of benzene rings is 1. The zero-order valence-electron chi connectivity index (χ0n) is 12.1. The normalized spacial score (nSPS) is 25.7. The van der Waals surface area contributed by atoms with Crippen LogP contribution >= 0.6 is 0 Å². The van der Waals surface area contributed by atoms with Crippen molar-refractivity contribution >= 4 is 0 Å². The molecule has 0 heterocycles. The molecule has 0 amide bonds. The van der Waals surface area contributed by atoms with Crippen LogP contribution in [0.2, 0.25) is 0 Å². The molecule has 0 spiro atoms. The van der Waals surface area contributed by atoms with Gasteiger partial charge in [-0.25, -0.2) is 0 Å². The molecule has 1 aromatic rings. The molecule has 0 aliphatic heterocycles. The molecule has 1 saturated carbocycles. The first-order valence-electron chi connectivity index (χ1n) is 7.47. The summed E-state index contributed by atoms with van der Waals surface area (Å²) in [5.74, 6) is 1.68. The van der Waals surface area contributed by atoms with Gasteiger partial charge >= 0.3 is 0 Å². The van der Waals surface area contributed by atoms with Crippen LogP contribution in [0.15, 0.2) is 30.3 Å². The van der Waals surface area contributed by atoms with E-state index in [2.05, 4.69) is 56.4 Å². The van der Waals surface area contributed by atoms with Gasteiger partial charge in [0, 0.05) is 6.54 Å². The van der Waals surface area contributed by atoms with Gasteiger partial charge < -0.3 is 5.32 Å². The molecular weight excluding hydrogens is 218 g/mol. The number of rotatable bonds is 7. The van der Waals surface area contributed by atoms with Crippen molar-refractivity contribution in [2.45, 2.75) is 46.0 Å². The Bertz CT molecular complexity index is 359. The lowest BCUT2D eigenvalue weighted by Crippen LogP contribution is -2.34. The Labute approximate surface area is 112 Å². The maximum Gasteiger partial charge on any atom is 0.000792 e. The minimum Gasteiger partial charge on any atom is -0.316 e. The van der Waals surface area contributed by atoms with E-state index in [1.807, 2.05) is 0 Å². The van der Waals surface area contributed by atoms with Crippen LogP contribution < -0.4 is 5.32 Å². The van der Waals surface area contributed by atoms with Gasteiger partial charge in [0.05, 0.1) is 0 Å². The average Bonchev–Trinajstić information content (AvgIpc) is 3.19. The molecule has 1 fully saturated rings. The predicted molar refractivity (Wildman–Crippen MR) is 78.8 cm³/mol. The topological polar surface area (TPSA) is 12.0 Å². The molecule has 0 aromatic heterocycles. The van der Waals surface area contributed by atoms with Crippen LogP contribution in [0.25, 0.3) is 0 Å². The molecule has 1 nitrogen and oxygen atoms in total. The first-order valence-corrected chi connectivity index (χ1v) is 7.47. The quantitative estimate of drug-likeness (QED) is 0.759. The maximum atomic E-state index is 3.57. The molecular formula is C17H27N. The van der Waals surface area contributed by atoms with E-state index in [9.17, 15) is 0 Å². The highest BCUT2D eigenvalue weighted by Crippen LogP contribution is 2.58. The van der Waals surface area contributed by atoms with Crippen LogP contribution in [0.1, 0.15) is 51.5 Å². The third-order valence-corrected chi connectivity index (χ3v) is 4.51. The van der Waals surface area contributed by atoms with Gasteiger partial charge in [-0.15, -0.1) is 0 Å². The fraction of sp³-hybridized carbons (Fsp3) is 0.647. The second-order valence-corrected chi connectivity index (χ2v) is 6.04. The third-order valence-electron chi connectivity index (χ3n) is 4.51. The Morgan fingerprint density at radius 3 is 2.56 bits per heavy atom. The molecule has 0 radical (unpaired) electrons. The highest BCUT2D eigenvalue weighted by molar-refractivity contribution is 5.27. The van der Waals surface area contributed by atoms with Crippen molar-refractivity contribution in [2.75, 3.05) is 13.1 Å². The monoisotopic (exact) mass is 245 g/mol. The van der Waals surface area contributed by atoms with E-state index in [0.29, 0.717) is 5.41 Å². The third kappa shape index (κ3) is 2.95. The van der Waals surface area contributed by atoms with Crippen molar-refractivity contribution in [1.82, 2.24) is 5.32 Å². The van der Waals surface area contributed by atoms with Gasteiger partial charge in [0.15, 0.2) is 0 Å². The summed E-state index contributed by atoms with van der Waals surface area (Å²) >= 11 is 0. The molecule has 1 aromatic carbocycles. The SMILES string of the molecule is CCCC(C)(CNCC)C1CC1c1ccccc1. The van der Waals surface area contributed by atoms with Crippen LogP contribution in [0.4, 0.5) is 0 Å². The molecule has 0 bridgehead atoms. The fourth-order valence-electron chi connectivity index (χ4n) is 3.42. The Morgan fingerprint density at radius 2 is 1.94 bits per heavy atom. The molecule has 0 saturated heterocycles. The predicted octanol–water partition coefficient (Wildman–Crippen LogP) is 4.21. The zero-order valence-corrected chi connectivity index (χ0v) is 12.1. The van der Waals surface area contributed by atoms with Crippen molar-refractivity contribution in [1.29, 1.82) is 0 Å². The van der Waals surface area contributed by atoms with Crippen LogP contribution in [0, 0.1) is 11.3 Å². The molecule has 3 atom stereocenters. The van der Waals surface area contributed by atoms with E-state index in [1.54, 1.807) is 5.56 Å². The van der Waals surface area contributed by atoms with Crippen molar-refractivity contribution in [3.8, 4) is 0 Å². The summed E-state index contributed by atoms with van der Waals surface area (Å²) in [6, 6.07) is 11.1. The van der Waals surface area contributed by atoms with Crippen LogP contribution in [0.5, 0.6) is 0 Å². The summed E-state index contributed by atoms with van der Waals surface area (Å²) in [5.41, 5.74) is 2.02. The lowest BCUT2D eigenvalue weighted by Gasteiger charge is -2.30. The van der Waals surface area contributed by atoms with E-state index >= 15 is 0 Å². The van der Waals surface area contributed by atoms with Crippen molar-refractivity contribution < 1.29 is 0 Å². The lowest BCUT2D eigenvalue weighted by molar-refractivity contribution is 0.231. The van der Waals surface area contributed by atoms with Gasteiger partial charge in [-0.2, -0.15) is 0 Å². The van der Waals surface area contributed by atoms with Crippen molar-refractivity contribution in [2.24, 2.45) is 11.3 Å². The van der Waals surface area contributed by atoms with E-state index in [1.165, 1.54) is 25.8 Å². The van der Waals surface area contributed by atoms with Gasteiger partial charge in [-0.05, 0) is 42.2 Å². The molecule has 3 unspecified atom stereocenters. The highest BCUT2D eigenvalue weighted by Gasteiger charge is 2.49. The average molecular weight is 245 g/mol. The Morgan fingerprint density at radius 1 is 1.22 bits per heavy atom.